The van der Waals surface area contributed by atoms with Gasteiger partial charge in [0.2, 0.25) is 0 Å². The van der Waals surface area contributed by atoms with Crippen molar-refractivity contribution in [3.8, 4) is 5.75 Å². The van der Waals surface area contributed by atoms with E-state index >= 15 is 0 Å². The zero-order valence-corrected chi connectivity index (χ0v) is 8.13. The smallest absolute Gasteiger partial charge is 0.257 e. The normalized spacial score (nSPS) is 13.3. The Morgan fingerprint density at radius 2 is 2.00 bits per heavy atom. The lowest BCUT2D eigenvalue weighted by Crippen LogP contribution is -2.19. The molecule has 0 aromatic heterocycles. The minimum absolute atomic E-state index is 0.0747. The van der Waals surface area contributed by atoms with Gasteiger partial charge in [0.25, 0.3) is 6.43 Å². The maximum Gasteiger partial charge on any atom is 0.257 e. The number of halogens is 3. The topological polar surface area (TPSA) is 46.2 Å². The first-order valence-corrected chi connectivity index (χ1v) is 4.34. The summed E-state index contributed by atoms with van der Waals surface area (Å²) in [5.74, 6) is -0.0747. The number of phenolic OH excluding ortho intramolecular Hbond substituents is 1. The van der Waals surface area contributed by atoms with Crippen molar-refractivity contribution in [2.24, 2.45) is 5.73 Å². The van der Waals surface area contributed by atoms with Gasteiger partial charge in [-0.15, -0.1) is 0 Å². The molecule has 0 saturated heterocycles. The number of hydrogen-bond acceptors (Lipinski definition) is 2. The van der Waals surface area contributed by atoms with Crippen LogP contribution in [0.3, 0.4) is 0 Å². The van der Waals surface area contributed by atoms with Crippen LogP contribution < -0.4 is 5.73 Å². The first kappa shape index (κ1) is 10.4. The number of nitrogens with two attached hydrogens (primary N) is 1. The van der Waals surface area contributed by atoms with Gasteiger partial charge in [0.15, 0.2) is 0 Å². The second kappa shape index (κ2) is 4.02. The van der Waals surface area contributed by atoms with Crippen LogP contribution in [0.2, 0.25) is 0 Å². The fraction of sp³-hybridized carbons (Fsp3) is 0.250. The van der Waals surface area contributed by atoms with Gasteiger partial charge < -0.3 is 10.8 Å². The van der Waals surface area contributed by atoms with Crippen molar-refractivity contribution in [2.75, 3.05) is 0 Å². The van der Waals surface area contributed by atoms with Gasteiger partial charge in [-0.05, 0) is 23.8 Å². The van der Waals surface area contributed by atoms with E-state index in [9.17, 15) is 8.78 Å². The lowest BCUT2D eigenvalue weighted by Gasteiger charge is -2.12. The molecule has 0 spiro atoms. The summed E-state index contributed by atoms with van der Waals surface area (Å²) in [6.07, 6.45) is -2.64. The predicted molar refractivity (Wildman–Crippen MR) is 48.7 cm³/mol. The van der Waals surface area contributed by atoms with E-state index < -0.39 is 12.5 Å². The maximum atomic E-state index is 12.2. The molecule has 72 valence electrons. The highest BCUT2D eigenvalue weighted by atomic mass is 79.9. The Bertz CT molecular complexity index is 306. The van der Waals surface area contributed by atoms with Crippen LogP contribution in [0.15, 0.2) is 22.7 Å². The summed E-state index contributed by atoms with van der Waals surface area (Å²) in [4.78, 5) is 0. The average Bonchev–Trinajstić information content (AvgIpc) is 2.08. The molecule has 0 bridgehead atoms. The van der Waals surface area contributed by atoms with Gasteiger partial charge in [0.1, 0.15) is 5.75 Å². The second-order valence-corrected chi connectivity index (χ2v) is 3.42. The highest BCUT2D eigenvalue weighted by Crippen LogP contribution is 2.28. The van der Waals surface area contributed by atoms with E-state index in [1.807, 2.05) is 0 Å². The van der Waals surface area contributed by atoms with Gasteiger partial charge in [-0.3, -0.25) is 0 Å². The summed E-state index contributed by atoms with van der Waals surface area (Å²) < 4.78 is 24.9. The highest BCUT2D eigenvalue weighted by molar-refractivity contribution is 9.10. The van der Waals surface area contributed by atoms with E-state index in [1.54, 1.807) is 0 Å². The molecule has 0 saturated carbocycles. The van der Waals surface area contributed by atoms with Crippen molar-refractivity contribution in [2.45, 2.75) is 12.5 Å². The van der Waals surface area contributed by atoms with E-state index in [4.69, 9.17) is 10.8 Å². The third kappa shape index (κ3) is 2.38. The van der Waals surface area contributed by atoms with Gasteiger partial charge in [-0.2, -0.15) is 0 Å². The largest absolute Gasteiger partial charge is 0.508 e. The third-order valence-electron chi connectivity index (χ3n) is 1.61. The van der Waals surface area contributed by atoms with Crippen LogP contribution in [0.4, 0.5) is 8.78 Å². The maximum absolute atomic E-state index is 12.2. The van der Waals surface area contributed by atoms with Crippen LogP contribution in [0, 0.1) is 0 Å². The standard InChI is InChI=1S/C8H8BrF2NO/c9-6-2-1-4(13)3-5(6)7(12)8(10)11/h1-3,7-8,13H,12H2/t7-/m1/s1. The van der Waals surface area contributed by atoms with Crippen LogP contribution in [0.5, 0.6) is 5.75 Å². The molecular weight excluding hydrogens is 244 g/mol. The summed E-state index contributed by atoms with van der Waals surface area (Å²) in [6, 6.07) is 2.72. The number of aromatic hydroxyl groups is 1. The molecule has 0 aliphatic heterocycles. The molecule has 0 radical (unpaired) electrons. The Hall–Kier alpha value is -0.680. The number of benzene rings is 1. The number of alkyl halides is 2. The molecule has 0 aliphatic carbocycles. The first-order chi connectivity index (χ1) is 6.02. The van der Waals surface area contributed by atoms with Gasteiger partial charge in [-0.25, -0.2) is 8.78 Å². The zero-order chi connectivity index (χ0) is 10.0. The molecule has 0 fully saturated rings. The molecule has 5 heteroatoms. The van der Waals surface area contributed by atoms with E-state index in [0.29, 0.717) is 4.47 Å². The SMILES string of the molecule is N[C@H](c1cc(O)ccc1Br)C(F)F. The summed E-state index contributed by atoms with van der Waals surface area (Å²) >= 11 is 3.07. The van der Waals surface area contributed by atoms with Crippen molar-refractivity contribution in [3.63, 3.8) is 0 Å². The van der Waals surface area contributed by atoms with E-state index in [1.165, 1.54) is 18.2 Å². The summed E-state index contributed by atoms with van der Waals surface area (Å²) in [6.45, 7) is 0. The van der Waals surface area contributed by atoms with Crippen LogP contribution in [0.25, 0.3) is 0 Å². The predicted octanol–water partition coefficient (Wildman–Crippen LogP) is 2.42. The quantitative estimate of drug-likeness (QED) is 0.848. The fourth-order valence-electron chi connectivity index (χ4n) is 0.922. The Morgan fingerprint density at radius 3 is 2.54 bits per heavy atom. The molecule has 1 atom stereocenters. The molecule has 13 heavy (non-hydrogen) atoms. The van der Waals surface area contributed by atoms with E-state index in [0.717, 1.165) is 0 Å². The summed E-state index contributed by atoms with van der Waals surface area (Å²) in [5, 5.41) is 9.05. The molecule has 0 aliphatic rings. The van der Waals surface area contributed by atoms with E-state index in [2.05, 4.69) is 15.9 Å². The third-order valence-corrected chi connectivity index (χ3v) is 2.33. The van der Waals surface area contributed by atoms with Crippen LogP contribution in [0.1, 0.15) is 11.6 Å². The first-order valence-electron chi connectivity index (χ1n) is 3.54. The number of hydrogen-bond donors (Lipinski definition) is 2. The molecule has 1 aromatic rings. The van der Waals surface area contributed by atoms with Gasteiger partial charge in [0.05, 0.1) is 6.04 Å². The summed E-state index contributed by atoms with van der Waals surface area (Å²) in [5.41, 5.74) is 5.42. The Labute approximate surface area is 82.5 Å². The van der Waals surface area contributed by atoms with Crippen LogP contribution in [-0.4, -0.2) is 11.5 Å². The van der Waals surface area contributed by atoms with Crippen molar-refractivity contribution < 1.29 is 13.9 Å². The highest BCUT2D eigenvalue weighted by Gasteiger charge is 2.20. The Balaban J connectivity index is 3.05. The minimum Gasteiger partial charge on any atom is -0.508 e. The van der Waals surface area contributed by atoms with Crippen LogP contribution >= 0.6 is 15.9 Å². The number of phenols is 1. The Kier molecular flexibility index (Phi) is 3.22. The zero-order valence-electron chi connectivity index (χ0n) is 6.55. The molecule has 2 nitrogen and oxygen atoms in total. The fourth-order valence-corrected chi connectivity index (χ4v) is 1.43. The lowest BCUT2D eigenvalue weighted by atomic mass is 10.1. The molecule has 0 unspecified atom stereocenters. The summed E-state index contributed by atoms with van der Waals surface area (Å²) in [7, 11) is 0. The molecule has 1 aromatic carbocycles. The van der Waals surface area contributed by atoms with E-state index in [-0.39, 0.29) is 11.3 Å². The van der Waals surface area contributed by atoms with Crippen molar-refractivity contribution in [3.05, 3.63) is 28.2 Å². The second-order valence-electron chi connectivity index (χ2n) is 2.57. The Morgan fingerprint density at radius 1 is 1.38 bits per heavy atom. The van der Waals surface area contributed by atoms with Gasteiger partial charge >= 0.3 is 0 Å². The molecule has 1 rings (SSSR count). The number of rotatable bonds is 2. The van der Waals surface area contributed by atoms with Crippen molar-refractivity contribution in [1.29, 1.82) is 0 Å². The molecule has 0 amide bonds. The monoisotopic (exact) mass is 251 g/mol. The molecule has 0 heterocycles. The molecular formula is C8H8BrF2NO. The minimum atomic E-state index is -2.64. The van der Waals surface area contributed by atoms with Gasteiger partial charge in [0, 0.05) is 4.47 Å². The average molecular weight is 252 g/mol. The molecule has 3 N–H and O–H groups in total. The van der Waals surface area contributed by atoms with Crippen molar-refractivity contribution >= 4 is 15.9 Å². The van der Waals surface area contributed by atoms with Crippen LogP contribution in [-0.2, 0) is 0 Å². The van der Waals surface area contributed by atoms with Gasteiger partial charge in [-0.1, -0.05) is 15.9 Å². The lowest BCUT2D eigenvalue weighted by molar-refractivity contribution is 0.116. The van der Waals surface area contributed by atoms with Crippen molar-refractivity contribution in [1.82, 2.24) is 0 Å².